The van der Waals surface area contributed by atoms with Crippen LogP contribution in [-0.2, 0) is 0 Å². The van der Waals surface area contributed by atoms with E-state index in [1.807, 2.05) is 30.5 Å². The number of para-hydroxylation sites is 1. The van der Waals surface area contributed by atoms with Crippen molar-refractivity contribution in [1.82, 2.24) is 20.3 Å². The van der Waals surface area contributed by atoms with Gasteiger partial charge in [0.25, 0.3) is 0 Å². The smallest absolute Gasteiger partial charge is 0.245 e. The van der Waals surface area contributed by atoms with Crippen molar-refractivity contribution < 1.29 is 9.02 Å². The summed E-state index contributed by atoms with van der Waals surface area (Å²) < 4.78 is 18.6. The molecule has 0 amide bonds. The van der Waals surface area contributed by atoms with Crippen molar-refractivity contribution in [2.45, 2.75) is 4.90 Å². The van der Waals surface area contributed by atoms with Crippen LogP contribution in [0.3, 0.4) is 0 Å². The average Bonchev–Trinajstić information content (AvgIpc) is 3.17. The number of rotatable bonds is 6. The molecular weight excluding hydrogens is 381 g/mol. The van der Waals surface area contributed by atoms with Crippen LogP contribution in [0.15, 0.2) is 63.2 Å². The maximum atomic E-state index is 14.0. The maximum absolute atomic E-state index is 14.0. The Labute approximate surface area is 163 Å². The molecule has 0 fully saturated rings. The van der Waals surface area contributed by atoms with Crippen molar-refractivity contribution in [2.24, 2.45) is 5.10 Å². The van der Waals surface area contributed by atoms with Gasteiger partial charge in [-0.15, -0.1) is 11.8 Å². The average molecular weight is 395 g/mol. The van der Waals surface area contributed by atoms with Crippen LogP contribution < -0.4 is 10.7 Å². The normalized spacial score (nSPS) is 11.2. The van der Waals surface area contributed by atoms with Gasteiger partial charge in [-0.05, 0) is 46.4 Å². The van der Waals surface area contributed by atoms with Crippen LogP contribution in [0.4, 0.5) is 21.7 Å². The van der Waals surface area contributed by atoms with Gasteiger partial charge >= 0.3 is 0 Å². The molecule has 10 heteroatoms. The summed E-state index contributed by atoms with van der Waals surface area (Å²) >= 11 is 1.67. The molecule has 0 bridgehead atoms. The zero-order valence-corrected chi connectivity index (χ0v) is 15.4. The molecule has 4 rings (SSSR count). The predicted molar refractivity (Wildman–Crippen MR) is 107 cm³/mol. The molecule has 28 heavy (non-hydrogen) atoms. The second kappa shape index (κ2) is 8.01. The Morgan fingerprint density at radius 2 is 1.71 bits per heavy atom. The first-order chi connectivity index (χ1) is 13.7. The lowest BCUT2D eigenvalue weighted by atomic mass is 10.2. The summed E-state index contributed by atoms with van der Waals surface area (Å²) in [6.07, 6.45) is 3.66. The van der Waals surface area contributed by atoms with Gasteiger partial charge < -0.3 is 5.32 Å². The number of benzene rings is 2. The lowest BCUT2D eigenvalue weighted by Crippen LogP contribution is -2.04. The summed E-state index contributed by atoms with van der Waals surface area (Å²) in [5.74, 6) is 0.0672. The molecule has 0 radical (unpaired) electrons. The predicted octanol–water partition coefficient (Wildman–Crippen LogP) is 4.06. The summed E-state index contributed by atoms with van der Waals surface area (Å²) in [6.45, 7) is 0. The first-order valence-electron chi connectivity index (χ1n) is 8.18. The zero-order chi connectivity index (χ0) is 19.3. The van der Waals surface area contributed by atoms with E-state index in [2.05, 4.69) is 40.8 Å². The van der Waals surface area contributed by atoms with E-state index in [9.17, 15) is 4.39 Å². The van der Waals surface area contributed by atoms with Gasteiger partial charge in [0.2, 0.25) is 11.3 Å². The summed E-state index contributed by atoms with van der Waals surface area (Å²) in [7, 11) is 0. The molecule has 0 saturated carbocycles. The molecule has 0 aliphatic rings. The number of anilines is 3. The molecule has 0 spiro atoms. The lowest BCUT2D eigenvalue weighted by Gasteiger charge is -2.09. The molecule has 4 aromatic rings. The molecular formula is C18H14FN7OS. The van der Waals surface area contributed by atoms with Crippen molar-refractivity contribution in [2.75, 3.05) is 17.0 Å². The molecule has 0 atom stereocenters. The Balaban J connectivity index is 1.61. The van der Waals surface area contributed by atoms with Crippen molar-refractivity contribution in [3.8, 4) is 0 Å². The molecule has 2 N–H and O–H groups in total. The summed E-state index contributed by atoms with van der Waals surface area (Å²) in [5.41, 5.74) is 4.36. The minimum absolute atomic E-state index is 0.195. The molecule has 0 saturated heterocycles. The number of thioether (sulfide) groups is 1. The molecule has 2 heterocycles. The minimum Gasteiger partial charge on any atom is -0.335 e. The fraction of sp³-hybridized carbons (Fsp3) is 0.0556. The third-order valence-electron chi connectivity index (χ3n) is 3.74. The van der Waals surface area contributed by atoms with Crippen molar-refractivity contribution in [3.05, 3.63) is 59.9 Å². The Morgan fingerprint density at radius 1 is 1.00 bits per heavy atom. The van der Waals surface area contributed by atoms with Gasteiger partial charge in [-0.1, -0.05) is 24.3 Å². The SMILES string of the molecule is CSc1ccc(/C=N\Nc2nc3nonc3nc2Nc2ccccc2F)cc1. The Kier molecular flexibility index (Phi) is 5.11. The molecule has 0 aliphatic carbocycles. The number of hydrogen-bond donors (Lipinski definition) is 2. The Bertz CT molecular complexity index is 1130. The topological polar surface area (TPSA) is 101 Å². The van der Waals surface area contributed by atoms with Crippen LogP contribution in [0.5, 0.6) is 0 Å². The fourth-order valence-corrected chi connectivity index (χ4v) is 2.76. The van der Waals surface area contributed by atoms with E-state index >= 15 is 0 Å². The van der Waals surface area contributed by atoms with E-state index in [-0.39, 0.29) is 28.6 Å². The van der Waals surface area contributed by atoms with E-state index in [0.717, 1.165) is 10.5 Å². The molecule has 2 aromatic heterocycles. The van der Waals surface area contributed by atoms with Gasteiger partial charge in [-0.25, -0.2) is 14.0 Å². The molecule has 8 nitrogen and oxygen atoms in total. The first kappa shape index (κ1) is 17.9. The number of hydrogen-bond acceptors (Lipinski definition) is 9. The standard InChI is InChI=1S/C18H14FN7OS/c1-28-12-8-6-11(7-9-12)10-20-24-16-15(21-14-5-3-2-4-13(14)19)22-17-18(23-16)26-27-25-17/h2-10H,1H3,(H,21,22,25)(H,23,24,26)/b20-10-. The van der Waals surface area contributed by atoms with Gasteiger partial charge in [-0.2, -0.15) is 10.1 Å². The highest BCUT2D eigenvalue weighted by Gasteiger charge is 2.14. The quantitative estimate of drug-likeness (QED) is 0.286. The number of nitrogens with one attached hydrogen (secondary N) is 2. The number of halogens is 1. The van der Waals surface area contributed by atoms with Crippen molar-refractivity contribution in [1.29, 1.82) is 0 Å². The fourth-order valence-electron chi connectivity index (χ4n) is 2.35. The highest BCUT2D eigenvalue weighted by atomic mass is 32.2. The second-order valence-corrected chi connectivity index (χ2v) is 6.46. The number of nitrogens with zero attached hydrogens (tertiary/aromatic N) is 5. The minimum atomic E-state index is -0.425. The zero-order valence-electron chi connectivity index (χ0n) is 14.6. The monoisotopic (exact) mass is 395 g/mol. The highest BCUT2D eigenvalue weighted by Crippen LogP contribution is 2.25. The Morgan fingerprint density at radius 3 is 2.43 bits per heavy atom. The van der Waals surface area contributed by atoms with Crippen LogP contribution in [0.1, 0.15) is 5.56 Å². The lowest BCUT2D eigenvalue weighted by molar-refractivity contribution is 0.314. The van der Waals surface area contributed by atoms with Crippen LogP contribution in [0, 0.1) is 5.82 Å². The van der Waals surface area contributed by atoms with Gasteiger partial charge in [0.05, 0.1) is 11.9 Å². The van der Waals surface area contributed by atoms with Crippen molar-refractivity contribution in [3.63, 3.8) is 0 Å². The largest absolute Gasteiger partial charge is 0.335 e. The Hall–Kier alpha value is -3.53. The van der Waals surface area contributed by atoms with E-state index in [4.69, 9.17) is 0 Å². The van der Waals surface area contributed by atoms with Crippen LogP contribution in [0.2, 0.25) is 0 Å². The molecule has 0 aliphatic heterocycles. The second-order valence-electron chi connectivity index (χ2n) is 5.58. The van der Waals surface area contributed by atoms with Crippen LogP contribution >= 0.6 is 11.8 Å². The van der Waals surface area contributed by atoms with E-state index in [0.29, 0.717) is 0 Å². The number of hydrazone groups is 1. The maximum Gasteiger partial charge on any atom is 0.245 e. The highest BCUT2D eigenvalue weighted by molar-refractivity contribution is 7.98. The van der Waals surface area contributed by atoms with E-state index in [1.54, 1.807) is 36.2 Å². The van der Waals surface area contributed by atoms with E-state index < -0.39 is 5.82 Å². The summed E-state index contributed by atoms with van der Waals surface area (Å²) in [5, 5.41) is 14.4. The summed E-state index contributed by atoms with van der Waals surface area (Å²) in [6, 6.07) is 14.1. The third-order valence-corrected chi connectivity index (χ3v) is 4.48. The number of aromatic nitrogens is 4. The molecule has 2 aromatic carbocycles. The van der Waals surface area contributed by atoms with E-state index in [1.165, 1.54) is 6.07 Å². The van der Waals surface area contributed by atoms with Gasteiger partial charge in [0, 0.05) is 4.90 Å². The number of fused-ring (bicyclic) bond motifs is 1. The third kappa shape index (κ3) is 3.91. The van der Waals surface area contributed by atoms with Crippen molar-refractivity contribution >= 4 is 46.6 Å². The molecule has 0 unspecified atom stereocenters. The summed E-state index contributed by atoms with van der Waals surface area (Å²) in [4.78, 5) is 9.71. The molecule has 140 valence electrons. The van der Waals surface area contributed by atoms with Gasteiger partial charge in [0.1, 0.15) is 5.82 Å². The van der Waals surface area contributed by atoms with Gasteiger partial charge in [-0.3, -0.25) is 5.43 Å². The first-order valence-corrected chi connectivity index (χ1v) is 9.40. The van der Waals surface area contributed by atoms with Crippen LogP contribution in [0.25, 0.3) is 11.3 Å². The van der Waals surface area contributed by atoms with Gasteiger partial charge in [0.15, 0.2) is 11.6 Å². The van der Waals surface area contributed by atoms with Crippen LogP contribution in [-0.4, -0.2) is 32.8 Å².